The minimum Gasteiger partial charge on any atom is -0.310 e. The fourth-order valence-electron chi connectivity index (χ4n) is 2.07. The third kappa shape index (κ3) is 3.96. The number of terminal acetylenes is 1. The lowest BCUT2D eigenvalue weighted by Gasteiger charge is -2.04. The number of hydrogen-bond acceptors (Lipinski definition) is 3. The minimum atomic E-state index is -0.252. The summed E-state index contributed by atoms with van der Waals surface area (Å²) in [5.41, 5.74) is 1.07. The van der Waals surface area contributed by atoms with Gasteiger partial charge in [-0.05, 0) is 19.8 Å². The number of unbranched alkanes of at least 4 members (excludes halogenated alkanes) is 3. The standard InChI is InChI=1S/C15H18N4O2/c1-3-4-5-6-7-8-14(20)17-12-10-15(21)19-13(16-12)9-11(2)18-19/h1,9-10,18H,4-8H2,2H3,(H,17,20). The molecule has 2 rings (SSSR count). The maximum atomic E-state index is 11.8. The number of aromatic nitrogens is 3. The number of rotatable bonds is 6. The van der Waals surface area contributed by atoms with Gasteiger partial charge >= 0.3 is 0 Å². The normalized spacial score (nSPS) is 10.5. The summed E-state index contributed by atoms with van der Waals surface area (Å²) in [6.07, 6.45) is 8.93. The number of aromatic amines is 1. The van der Waals surface area contributed by atoms with E-state index in [0.29, 0.717) is 12.1 Å². The first-order valence-corrected chi connectivity index (χ1v) is 6.93. The van der Waals surface area contributed by atoms with Crippen molar-refractivity contribution in [3.8, 4) is 12.3 Å². The second-order valence-corrected chi connectivity index (χ2v) is 4.93. The fourth-order valence-corrected chi connectivity index (χ4v) is 2.07. The van der Waals surface area contributed by atoms with Crippen molar-refractivity contribution in [1.82, 2.24) is 14.6 Å². The zero-order chi connectivity index (χ0) is 15.2. The van der Waals surface area contributed by atoms with E-state index in [1.165, 1.54) is 10.6 Å². The largest absolute Gasteiger partial charge is 0.310 e. The average molecular weight is 286 g/mol. The molecule has 0 bridgehead atoms. The molecule has 0 radical (unpaired) electrons. The first kappa shape index (κ1) is 14.9. The molecule has 6 nitrogen and oxygen atoms in total. The first-order chi connectivity index (χ1) is 10.1. The molecule has 1 amide bonds. The number of aryl methyl sites for hydroxylation is 1. The Kier molecular flexibility index (Phi) is 4.77. The van der Waals surface area contributed by atoms with E-state index >= 15 is 0 Å². The van der Waals surface area contributed by atoms with Crippen LogP contribution in [0.5, 0.6) is 0 Å². The van der Waals surface area contributed by atoms with E-state index in [2.05, 4.69) is 21.3 Å². The van der Waals surface area contributed by atoms with Crippen LogP contribution in [0.15, 0.2) is 16.9 Å². The SMILES string of the molecule is C#CCCCCCC(=O)Nc1cc(=O)n2[nH]c(C)cc2n1. The zero-order valence-electron chi connectivity index (χ0n) is 12.0. The van der Waals surface area contributed by atoms with Gasteiger partial charge in [0.05, 0.1) is 0 Å². The van der Waals surface area contributed by atoms with Gasteiger partial charge in [-0.1, -0.05) is 6.42 Å². The number of carbonyl (C=O) groups excluding carboxylic acids is 1. The summed E-state index contributed by atoms with van der Waals surface area (Å²) in [6, 6.07) is 3.05. The molecule has 2 aromatic rings. The van der Waals surface area contributed by atoms with Crippen molar-refractivity contribution in [3.05, 3.63) is 28.2 Å². The maximum Gasteiger partial charge on any atom is 0.274 e. The minimum absolute atomic E-state index is 0.140. The molecule has 0 unspecified atom stereocenters. The second kappa shape index (κ2) is 6.75. The van der Waals surface area contributed by atoms with E-state index in [1.54, 1.807) is 6.07 Å². The van der Waals surface area contributed by atoms with Crippen LogP contribution in [0.4, 0.5) is 5.82 Å². The van der Waals surface area contributed by atoms with Crippen LogP contribution in [0.2, 0.25) is 0 Å². The Morgan fingerprint density at radius 2 is 2.24 bits per heavy atom. The van der Waals surface area contributed by atoms with Crippen molar-refractivity contribution in [2.45, 2.75) is 39.0 Å². The summed E-state index contributed by atoms with van der Waals surface area (Å²) in [5.74, 6) is 2.72. The smallest absolute Gasteiger partial charge is 0.274 e. The lowest BCUT2D eigenvalue weighted by molar-refractivity contribution is -0.116. The number of amides is 1. The molecule has 0 aromatic carbocycles. The van der Waals surface area contributed by atoms with Crippen LogP contribution in [-0.4, -0.2) is 20.5 Å². The van der Waals surface area contributed by atoms with Gasteiger partial charge in [0.15, 0.2) is 5.65 Å². The highest BCUT2D eigenvalue weighted by Gasteiger charge is 2.07. The molecule has 110 valence electrons. The monoisotopic (exact) mass is 286 g/mol. The van der Waals surface area contributed by atoms with E-state index in [-0.39, 0.29) is 17.3 Å². The molecule has 0 aliphatic carbocycles. The quantitative estimate of drug-likeness (QED) is 0.628. The Morgan fingerprint density at radius 3 is 3.00 bits per heavy atom. The van der Waals surface area contributed by atoms with Crippen LogP contribution in [-0.2, 0) is 4.79 Å². The van der Waals surface area contributed by atoms with Crippen LogP contribution in [0.1, 0.15) is 37.8 Å². The molecule has 0 atom stereocenters. The van der Waals surface area contributed by atoms with Gasteiger partial charge in [-0.25, -0.2) is 9.50 Å². The lowest BCUT2D eigenvalue weighted by Crippen LogP contribution is -2.19. The molecule has 21 heavy (non-hydrogen) atoms. The van der Waals surface area contributed by atoms with Crippen LogP contribution in [0.25, 0.3) is 5.65 Å². The molecule has 2 aromatic heterocycles. The van der Waals surface area contributed by atoms with E-state index < -0.39 is 0 Å². The molecular weight excluding hydrogens is 268 g/mol. The Hall–Kier alpha value is -2.55. The third-order valence-electron chi connectivity index (χ3n) is 3.07. The van der Waals surface area contributed by atoms with Crippen molar-refractivity contribution < 1.29 is 4.79 Å². The van der Waals surface area contributed by atoms with Crippen LogP contribution in [0.3, 0.4) is 0 Å². The van der Waals surface area contributed by atoms with E-state index in [0.717, 1.165) is 31.4 Å². The van der Waals surface area contributed by atoms with Gasteiger partial charge in [-0.15, -0.1) is 12.3 Å². The number of nitrogens with zero attached hydrogens (tertiary/aromatic N) is 2. The summed E-state index contributed by atoms with van der Waals surface area (Å²) in [6.45, 7) is 1.84. The van der Waals surface area contributed by atoms with Crippen molar-refractivity contribution in [1.29, 1.82) is 0 Å². The highest BCUT2D eigenvalue weighted by atomic mass is 16.2. The summed E-state index contributed by atoms with van der Waals surface area (Å²) in [7, 11) is 0. The Labute approximate surface area is 122 Å². The molecule has 2 N–H and O–H groups in total. The Morgan fingerprint density at radius 1 is 1.43 bits per heavy atom. The third-order valence-corrected chi connectivity index (χ3v) is 3.07. The molecule has 0 spiro atoms. The van der Waals surface area contributed by atoms with Crippen LogP contribution in [0, 0.1) is 19.3 Å². The van der Waals surface area contributed by atoms with Gasteiger partial charge in [0, 0.05) is 30.7 Å². The Bertz CT molecular complexity index is 736. The number of H-pyrrole nitrogens is 1. The van der Waals surface area contributed by atoms with E-state index in [9.17, 15) is 9.59 Å². The van der Waals surface area contributed by atoms with Gasteiger partial charge in [0.1, 0.15) is 5.82 Å². The van der Waals surface area contributed by atoms with Crippen LogP contribution < -0.4 is 10.9 Å². The van der Waals surface area contributed by atoms with Crippen molar-refractivity contribution in [3.63, 3.8) is 0 Å². The average Bonchev–Trinajstić information content (AvgIpc) is 2.79. The van der Waals surface area contributed by atoms with Gasteiger partial charge in [-0.3, -0.25) is 14.7 Å². The summed E-state index contributed by atoms with van der Waals surface area (Å²) in [4.78, 5) is 27.9. The molecule has 2 heterocycles. The highest BCUT2D eigenvalue weighted by molar-refractivity contribution is 5.89. The fraction of sp³-hybridized carbons (Fsp3) is 0.400. The van der Waals surface area contributed by atoms with Gasteiger partial charge in [0.2, 0.25) is 5.91 Å². The van der Waals surface area contributed by atoms with Gasteiger partial charge < -0.3 is 5.32 Å². The van der Waals surface area contributed by atoms with Crippen molar-refractivity contribution >= 4 is 17.4 Å². The summed E-state index contributed by atoms with van der Waals surface area (Å²) < 4.78 is 1.34. The summed E-state index contributed by atoms with van der Waals surface area (Å²) >= 11 is 0. The molecule has 0 saturated heterocycles. The van der Waals surface area contributed by atoms with Crippen molar-refractivity contribution in [2.75, 3.05) is 5.32 Å². The number of nitrogens with one attached hydrogen (secondary N) is 2. The maximum absolute atomic E-state index is 11.8. The number of anilines is 1. The number of fused-ring (bicyclic) bond motifs is 1. The van der Waals surface area contributed by atoms with Gasteiger partial charge in [0.25, 0.3) is 5.56 Å². The molecule has 0 saturated carbocycles. The molecule has 0 aliphatic rings. The molecule has 0 fully saturated rings. The van der Waals surface area contributed by atoms with Crippen LogP contribution >= 0.6 is 0 Å². The molecule has 6 heteroatoms. The van der Waals surface area contributed by atoms with Gasteiger partial charge in [-0.2, -0.15) is 0 Å². The predicted octanol–water partition coefficient (Wildman–Crippen LogP) is 1.85. The van der Waals surface area contributed by atoms with E-state index in [4.69, 9.17) is 6.42 Å². The van der Waals surface area contributed by atoms with Crippen molar-refractivity contribution in [2.24, 2.45) is 0 Å². The predicted molar refractivity (Wildman–Crippen MR) is 81.1 cm³/mol. The number of carbonyl (C=O) groups is 1. The molecule has 0 aliphatic heterocycles. The van der Waals surface area contributed by atoms with E-state index in [1.807, 2.05) is 6.92 Å². The lowest BCUT2D eigenvalue weighted by atomic mass is 10.1. The topological polar surface area (TPSA) is 79.3 Å². The number of hydrogen-bond donors (Lipinski definition) is 2. The second-order valence-electron chi connectivity index (χ2n) is 4.93. The molecular formula is C15H18N4O2. The summed E-state index contributed by atoms with van der Waals surface area (Å²) in [5, 5.41) is 5.53. The first-order valence-electron chi connectivity index (χ1n) is 6.93. The highest BCUT2D eigenvalue weighted by Crippen LogP contribution is 2.07. The zero-order valence-corrected chi connectivity index (χ0v) is 12.0. The Balaban J connectivity index is 1.95.